The minimum Gasteiger partial charge on any atom is -0.472 e. The van der Waals surface area contributed by atoms with Crippen LogP contribution in [-0.2, 0) is 0 Å². The van der Waals surface area contributed by atoms with Crippen LogP contribution in [0, 0.1) is 6.92 Å². The predicted octanol–water partition coefficient (Wildman–Crippen LogP) is 2.71. The molecule has 10 nitrogen and oxygen atoms in total. The number of piperidine rings is 1. The number of benzene rings is 1. The number of ether oxygens (including phenoxy) is 1. The maximum atomic E-state index is 12.3. The third kappa shape index (κ3) is 6.45. The van der Waals surface area contributed by atoms with Gasteiger partial charge in [-0.1, -0.05) is 13.8 Å². The number of piperazine rings is 1. The lowest BCUT2D eigenvalue weighted by molar-refractivity contribution is 0.0982. The minimum absolute atomic E-state index is 0.0333. The Balaban J connectivity index is 1.30. The second-order valence-electron chi connectivity index (χ2n) is 11.5. The predicted molar refractivity (Wildman–Crippen MR) is 155 cm³/mol. The van der Waals surface area contributed by atoms with Crippen LogP contribution >= 0.6 is 0 Å². The Morgan fingerprint density at radius 1 is 1.10 bits per heavy atom. The smallest absolute Gasteiger partial charge is 0.271 e. The number of aryl methyl sites for hydroxylation is 1. The van der Waals surface area contributed by atoms with Gasteiger partial charge in [0.05, 0.1) is 0 Å². The van der Waals surface area contributed by atoms with Crippen LogP contribution in [0.1, 0.15) is 60.8 Å². The summed E-state index contributed by atoms with van der Waals surface area (Å²) in [5.74, 6) is 0.212. The van der Waals surface area contributed by atoms with Gasteiger partial charge in [0.1, 0.15) is 11.8 Å². The summed E-state index contributed by atoms with van der Waals surface area (Å²) in [7, 11) is 2.21. The van der Waals surface area contributed by atoms with E-state index in [4.69, 9.17) is 15.5 Å². The van der Waals surface area contributed by atoms with Crippen LogP contribution in [0.3, 0.4) is 0 Å². The SMILES string of the molecule is Cc1cc(Nc2nc(O[C@@H]3CCNC3)c(C(C)C)nc2C(N)=O)ccc1N1CCC(N2CCN(C)CC2)CC1. The maximum absolute atomic E-state index is 12.3. The highest BCUT2D eigenvalue weighted by Crippen LogP contribution is 2.32. The number of amides is 1. The molecular weight excluding hydrogens is 492 g/mol. The fourth-order valence-electron chi connectivity index (χ4n) is 5.93. The summed E-state index contributed by atoms with van der Waals surface area (Å²) in [6.07, 6.45) is 3.34. The Labute approximate surface area is 232 Å². The van der Waals surface area contributed by atoms with Crippen molar-refractivity contribution in [2.75, 3.05) is 69.6 Å². The standard InChI is InChI=1S/C29H44N8O2/c1-19(2)25-29(39-23-7-10-31-18-23)34-28(26(33-25)27(30)38)32-21-5-6-24(20(3)17-21)37-11-8-22(9-12-37)36-15-13-35(4)14-16-36/h5-6,17,19,22-23,31H,7-16,18H2,1-4H3,(H2,30,38)(H,32,34)/t23-/m1/s1. The van der Waals surface area contributed by atoms with Gasteiger partial charge in [-0.3, -0.25) is 9.69 Å². The fraction of sp³-hybridized carbons (Fsp3) is 0.621. The number of hydrogen-bond acceptors (Lipinski definition) is 9. The van der Waals surface area contributed by atoms with Crippen LogP contribution < -0.4 is 26.0 Å². The highest BCUT2D eigenvalue weighted by atomic mass is 16.5. The highest BCUT2D eigenvalue weighted by molar-refractivity contribution is 5.96. The number of nitrogens with zero attached hydrogens (tertiary/aromatic N) is 5. The average Bonchev–Trinajstić information content (AvgIpc) is 3.42. The van der Waals surface area contributed by atoms with Gasteiger partial charge in [0.2, 0.25) is 5.88 Å². The van der Waals surface area contributed by atoms with E-state index in [1.54, 1.807) is 0 Å². The second-order valence-corrected chi connectivity index (χ2v) is 11.5. The van der Waals surface area contributed by atoms with Crippen LogP contribution in [0.15, 0.2) is 18.2 Å². The van der Waals surface area contributed by atoms with Gasteiger partial charge in [0.25, 0.3) is 5.91 Å². The van der Waals surface area contributed by atoms with E-state index in [-0.39, 0.29) is 17.7 Å². The number of nitrogens with one attached hydrogen (secondary N) is 2. The molecule has 4 heterocycles. The number of hydrogen-bond donors (Lipinski definition) is 3. The number of anilines is 3. The summed E-state index contributed by atoms with van der Waals surface area (Å²) in [4.78, 5) is 29.3. The molecule has 212 valence electrons. The quantitative estimate of drug-likeness (QED) is 0.469. The molecule has 1 amide bonds. The van der Waals surface area contributed by atoms with Crippen molar-refractivity contribution in [2.45, 2.75) is 58.1 Å². The van der Waals surface area contributed by atoms with E-state index in [9.17, 15) is 4.79 Å². The molecule has 0 spiro atoms. The second kappa shape index (κ2) is 12.1. The van der Waals surface area contributed by atoms with E-state index in [0.717, 1.165) is 38.3 Å². The van der Waals surface area contributed by atoms with E-state index in [0.29, 0.717) is 23.4 Å². The third-order valence-corrected chi connectivity index (χ3v) is 8.28. The molecule has 10 heteroatoms. The van der Waals surface area contributed by atoms with Gasteiger partial charge in [-0.25, -0.2) is 4.98 Å². The highest BCUT2D eigenvalue weighted by Gasteiger charge is 2.28. The van der Waals surface area contributed by atoms with E-state index < -0.39 is 5.91 Å². The number of likely N-dealkylation sites (N-methyl/N-ethyl adjacent to an activating group) is 1. The zero-order valence-electron chi connectivity index (χ0n) is 23.9. The monoisotopic (exact) mass is 536 g/mol. The molecule has 1 aromatic heterocycles. The van der Waals surface area contributed by atoms with Crippen LogP contribution in [0.4, 0.5) is 17.2 Å². The van der Waals surface area contributed by atoms with Gasteiger partial charge in [0.15, 0.2) is 11.5 Å². The normalized spacial score (nSPS) is 21.5. The average molecular weight is 537 g/mol. The molecule has 5 rings (SSSR count). The fourth-order valence-corrected chi connectivity index (χ4v) is 5.93. The van der Waals surface area contributed by atoms with E-state index >= 15 is 0 Å². The maximum Gasteiger partial charge on any atom is 0.271 e. The first kappa shape index (κ1) is 27.6. The van der Waals surface area contributed by atoms with Crippen molar-refractivity contribution >= 4 is 23.1 Å². The Morgan fingerprint density at radius 2 is 1.85 bits per heavy atom. The van der Waals surface area contributed by atoms with Gasteiger partial charge < -0.3 is 30.9 Å². The van der Waals surface area contributed by atoms with Gasteiger partial charge >= 0.3 is 0 Å². The summed E-state index contributed by atoms with van der Waals surface area (Å²) in [5, 5.41) is 6.62. The van der Waals surface area contributed by atoms with Crippen molar-refractivity contribution in [1.29, 1.82) is 0 Å². The van der Waals surface area contributed by atoms with Crippen molar-refractivity contribution in [3.63, 3.8) is 0 Å². The minimum atomic E-state index is -0.613. The van der Waals surface area contributed by atoms with E-state index in [2.05, 4.69) is 56.4 Å². The zero-order chi connectivity index (χ0) is 27.5. The first-order valence-electron chi connectivity index (χ1n) is 14.4. The summed E-state index contributed by atoms with van der Waals surface area (Å²) in [6, 6.07) is 6.99. The van der Waals surface area contributed by atoms with Crippen molar-refractivity contribution in [3.05, 3.63) is 35.2 Å². The molecule has 0 radical (unpaired) electrons. The first-order valence-corrected chi connectivity index (χ1v) is 14.4. The van der Waals surface area contributed by atoms with E-state index in [1.807, 2.05) is 19.9 Å². The van der Waals surface area contributed by atoms with Crippen LogP contribution in [0.2, 0.25) is 0 Å². The molecule has 1 atom stereocenters. The van der Waals surface area contributed by atoms with Crippen LogP contribution in [-0.4, -0.2) is 97.2 Å². The van der Waals surface area contributed by atoms with Gasteiger partial charge in [0, 0.05) is 69.1 Å². The Hall–Kier alpha value is -2.95. The number of carbonyl (C=O) groups is 1. The molecule has 4 N–H and O–H groups in total. The molecule has 0 aliphatic carbocycles. The summed E-state index contributed by atoms with van der Waals surface area (Å²) in [6.45, 7) is 14.7. The Morgan fingerprint density at radius 3 is 2.46 bits per heavy atom. The molecule has 3 aliphatic heterocycles. The lowest BCUT2D eigenvalue weighted by Crippen LogP contribution is -2.52. The number of carbonyl (C=O) groups excluding carboxylic acids is 1. The molecule has 0 bridgehead atoms. The van der Waals surface area contributed by atoms with Crippen LogP contribution in [0.5, 0.6) is 5.88 Å². The molecule has 3 fully saturated rings. The van der Waals surface area contributed by atoms with E-state index in [1.165, 1.54) is 50.3 Å². The third-order valence-electron chi connectivity index (χ3n) is 8.28. The van der Waals surface area contributed by atoms with Gasteiger partial charge in [-0.05, 0) is 63.5 Å². The molecule has 1 aromatic carbocycles. The first-order chi connectivity index (χ1) is 18.8. The van der Waals surface area contributed by atoms with Gasteiger partial charge in [-0.15, -0.1) is 0 Å². The van der Waals surface area contributed by atoms with Crippen molar-refractivity contribution in [1.82, 2.24) is 25.1 Å². The summed E-state index contributed by atoms with van der Waals surface area (Å²) in [5.41, 5.74) is 9.78. The number of primary amides is 1. The number of nitrogens with two attached hydrogens (primary N) is 1. The zero-order valence-corrected chi connectivity index (χ0v) is 23.9. The molecule has 0 unspecified atom stereocenters. The lowest BCUT2D eigenvalue weighted by Gasteiger charge is -2.43. The Bertz CT molecular complexity index is 1150. The lowest BCUT2D eigenvalue weighted by atomic mass is 10.0. The van der Waals surface area contributed by atoms with Gasteiger partial charge in [-0.2, -0.15) is 4.98 Å². The molecule has 39 heavy (non-hydrogen) atoms. The molecular formula is C29H44N8O2. The topological polar surface area (TPSA) is 112 Å². The Kier molecular flexibility index (Phi) is 8.54. The molecule has 0 saturated carbocycles. The molecule has 3 saturated heterocycles. The molecule has 2 aromatic rings. The van der Waals surface area contributed by atoms with Crippen LogP contribution in [0.25, 0.3) is 0 Å². The number of rotatable bonds is 8. The summed E-state index contributed by atoms with van der Waals surface area (Å²) < 4.78 is 6.22. The largest absolute Gasteiger partial charge is 0.472 e. The van der Waals surface area contributed by atoms with Crippen molar-refractivity contribution in [2.24, 2.45) is 5.73 Å². The number of aromatic nitrogens is 2. The van der Waals surface area contributed by atoms with Crippen molar-refractivity contribution < 1.29 is 9.53 Å². The molecule has 3 aliphatic rings. The summed E-state index contributed by atoms with van der Waals surface area (Å²) >= 11 is 0. The van der Waals surface area contributed by atoms with Crippen molar-refractivity contribution in [3.8, 4) is 5.88 Å².